The van der Waals surface area contributed by atoms with Gasteiger partial charge in [0, 0.05) is 12.2 Å². The van der Waals surface area contributed by atoms with Crippen molar-refractivity contribution in [3.05, 3.63) is 37.5 Å². The Bertz CT molecular complexity index is 598. The van der Waals surface area contributed by atoms with E-state index in [2.05, 4.69) is 25.3 Å². The van der Waals surface area contributed by atoms with E-state index in [1.807, 2.05) is 6.92 Å². The van der Waals surface area contributed by atoms with Gasteiger partial charge in [-0.3, -0.25) is 0 Å². The molecule has 0 heterocycles. The van der Waals surface area contributed by atoms with Gasteiger partial charge in [0.05, 0.1) is 18.1 Å². The lowest BCUT2D eigenvalue weighted by Crippen LogP contribution is -2.41. The predicted octanol–water partition coefficient (Wildman–Crippen LogP) is 3.46. The van der Waals surface area contributed by atoms with Crippen molar-refractivity contribution in [2.75, 3.05) is 19.8 Å². The molecule has 0 N–H and O–H groups in total. The first-order valence-electron chi connectivity index (χ1n) is 9.88. The second-order valence-corrected chi connectivity index (χ2v) is 8.13. The molecule has 148 valence electrons. The normalized spacial score (nSPS) is 30.8. The largest absolute Gasteiger partial charge is 0.462 e. The zero-order valence-electron chi connectivity index (χ0n) is 16.1. The lowest BCUT2D eigenvalue weighted by molar-refractivity contribution is -0.154. The lowest BCUT2D eigenvalue weighted by Gasteiger charge is -2.36. The molecule has 0 spiro atoms. The van der Waals surface area contributed by atoms with Gasteiger partial charge >= 0.3 is 11.9 Å². The van der Waals surface area contributed by atoms with Crippen LogP contribution in [0.5, 0.6) is 0 Å². The molecule has 3 aliphatic carbocycles. The van der Waals surface area contributed by atoms with Crippen LogP contribution < -0.4 is 0 Å². The number of carbonyl (C=O) groups excluding carboxylic acids is 2. The summed E-state index contributed by atoms with van der Waals surface area (Å²) in [4.78, 5) is 23.1. The van der Waals surface area contributed by atoms with E-state index < -0.39 is 17.4 Å². The summed E-state index contributed by atoms with van der Waals surface area (Å²) in [6, 6.07) is 0. The minimum atomic E-state index is -0.565. The Morgan fingerprint density at radius 2 is 1.74 bits per heavy atom. The molecule has 5 atom stereocenters. The molecule has 0 aromatic heterocycles. The first-order chi connectivity index (χ1) is 13.0. The minimum Gasteiger partial charge on any atom is -0.462 e. The van der Waals surface area contributed by atoms with Crippen LogP contribution in [0.1, 0.15) is 32.6 Å². The van der Waals surface area contributed by atoms with Crippen LogP contribution >= 0.6 is 0 Å². The number of hydrogen-bond acceptors (Lipinski definition) is 5. The first-order valence-corrected chi connectivity index (χ1v) is 9.88. The highest BCUT2D eigenvalue weighted by Gasteiger charge is 2.53. The van der Waals surface area contributed by atoms with E-state index in [1.165, 1.54) is 12.8 Å². The quantitative estimate of drug-likeness (QED) is 0.333. The van der Waals surface area contributed by atoms with Crippen LogP contribution in [0.4, 0.5) is 0 Å². The number of esters is 2. The van der Waals surface area contributed by atoms with Crippen LogP contribution in [-0.2, 0) is 23.8 Å². The average Bonchev–Trinajstić information content (AvgIpc) is 3.40. The fraction of sp³-hybridized carbons (Fsp3) is 0.636. The van der Waals surface area contributed by atoms with E-state index in [-0.39, 0.29) is 19.3 Å². The molecule has 0 aliphatic heterocycles. The number of rotatable bonds is 10. The highest BCUT2D eigenvalue weighted by atomic mass is 16.6. The van der Waals surface area contributed by atoms with Crippen LogP contribution in [-0.4, -0.2) is 37.9 Å². The van der Waals surface area contributed by atoms with Gasteiger partial charge in [0.15, 0.2) is 0 Å². The van der Waals surface area contributed by atoms with Crippen LogP contribution in [0.25, 0.3) is 0 Å². The zero-order valence-corrected chi connectivity index (χ0v) is 16.1. The van der Waals surface area contributed by atoms with Gasteiger partial charge in [0.25, 0.3) is 0 Å². The number of fused-ring (bicyclic) bond motifs is 5. The molecule has 2 saturated carbocycles. The topological polar surface area (TPSA) is 61.8 Å². The third-order valence-electron chi connectivity index (χ3n) is 6.68. The molecule has 27 heavy (non-hydrogen) atoms. The van der Waals surface area contributed by atoms with Crippen LogP contribution in [0, 0.1) is 29.1 Å². The predicted molar refractivity (Wildman–Crippen MR) is 102 cm³/mol. The molecule has 0 radical (unpaired) electrons. The summed E-state index contributed by atoms with van der Waals surface area (Å²) in [7, 11) is 0. The standard InChI is InChI=1S/C22H30O5/c1-4-20(23)26-13-22(6-3,14-27-21(24)5-2)12-25-19-11-15-10-18(19)17-9-7-8-16(15)17/h4-5,7,9,15-19H,1-2,6,8,10-14H2,3H3. The Morgan fingerprint density at radius 1 is 1.07 bits per heavy atom. The average molecular weight is 374 g/mol. The Morgan fingerprint density at radius 3 is 2.33 bits per heavy atom. The highest BCUT2D eigenvalue weighted by molar-refractivity contribution is 5.81. The first kappa shape index (κ1) is 19.9. The Labute approximate surface area is 161 Å². The molecular weight excluding hydrogens is 344 g/mol. The summed E-state index contributed by atoms with van der Waals surface area (Å²) in [6.07, 6.45) is 11.4. The Hall–Kier alpha value is -1.88. The maximum absolute atomic E-state index is 11.5. The molecule has 5 nitrogen and oxygen atoms in total. The monoisotopic (exact) mass is 374 g/mol. The highest BCUT2D eigenvalue weighted by Crippen LogP contribution is 2.57. The molecule has 3 aliphatic rings. The van der Waals surface area contributed by atoms with Crippen molar-refractivity contribution in [3.8, 4) is 0 Å². The minimum absolute atomic E-state index is 0.131. The molecule has 2 bridgehead atoms. The van der Waals surface area contributed by atoms with Gasteiger partial charge in [-0.1, -0.05) is 32.2 Å². The molecule has 0 saturated heterocycles. The summed E-state index contributed by atoms with van der Waals surface area (Å²) in [5.41, 5.74) is -0.565. The van der Waals surface area contributed by atoms with E-state index in [9.17, 15) is 9.59 Å². The number of hydrogen-bond donors (Lipinski definition) is 0. The molecule has 2 fully saturated rings. The lowest BCUT2D eigenvalue weighted by atomic mass is 9.80. The van der Waals surface area contributed by atoms with Crippen molar-refractivity contribution in [2.45, 2.75) is 38.7 Å². The smallest absolute Gasteiger partial charge is 0.330 e. The summed E-state index contributed by atoms with van der Waals surface area (Å²) in [5.74, 6) is 1.84. The van der Waals surface area contributed by atoms with Crippen molar-refractivity contribution in [2.24, 2.45) is 29.1 Å². The summed E-state index contributed by atoms with van der Waals surface area (Å²) in [6.45, 7) is 9.51. The number of ether oxygens (including phenoxy) is 3. The van der Waals surface area contributed by atoms with Crippen molar-refractivity contribution in [1.29, 1.82) is 0 Å². The summed E-state index contributed by atoms with van der Waals surface area (Å²) >= 11 is 0. The molecule has 5 unspecified atom stereocenters. The Kier molecular flexibility index (Phi) is 6.20. The van der Waals surface area contributed by atoms with Crippen molar-refractivity contribution < 1.29 is 23.8 Å². The van der Waals surface area contributed by atoms with Gasteiger partial charge in [-0.25, -0.2) is 9.59 Å². The molecule has 0 aromatic carbocycles. The second kappa shape index (κ2) is 8.42. The van der Waals surface area contributed by atoms with E-state index in [0.717, 1.165) is 30.4 Å². The van der Waals surface area contributed by atoms with Gasteiger partial charge in [-0.2, -0.15) is 0 Å². The van der Waals surface area contributed by atoms with E-state index in [0.29, 0.717) is 24.9 Å². The van der Waals surface area contributed by atoms with Crippen LogP contribution in [0.3, 0.4) is 0 Å². The fourth-order valence-electron chi connectivity index (χ4n) is 4.96. The van der Waals surface area contributed by atoms with E-state index >= 15 is 0 Å². The summed E-state index contributed by atoms with van der Waals surface area (Å²) in [5, 5.41) is 0. The van der Waals surface area contributed by atoms with E-state index in [1.54, 1.807) is 0 Å². The van der Waals surface area contributed by atoms with Gasteiger partial charge in [0.2, 0.25) is 0 Å². The zero-order chi connectivity index (χ0) is 19.4. The molecule has 0 amide bonds. The van der Waals surface area contributed by atoms with Crippen molar-refractivity contribution in [3.63, 3.8) is 0 Å². The SMILES string of the molecule is C=CC(=O)OCC(CC)(COC(=O)C=C)COC1CC2CC1C1C=CCC21. The summed E-state index contributed by atoms with van der Waals surface area (Å²) < 4.78 is 17.0. The Balaban J connectivity index is 1.62. The van der Waals surface area contributed by atoms with Crippen LogP contribution in [0.15, 0.2) is 37.5 Å². The van der Waals surface area contributed by atoms with Gasteiger partial charge in [-0.15, -0.1) is 0 Å². The van der Waals surface area contributed by atoms with Gasteiger partial charge in [-0.05, 0) is 49.4 Å². The van der Waals surface area contributed by atoms with Crippen molar-refractivity contribution in [1.82, 2.24) is 0 Å². The third-order valence-corrected chi connectivity index (χ3v) is 6.68. The molecule has 3 rings (SSSR count). The van der Waals surface area contributed by atoms with Gasteiger partial charge in [0.1, 0.15) is 13.2 Å². The molecule has 5 heteroatoms. The van der Waals surface area contributed by atoms with Gasteiger partial charge < -0.3 is 14.2 Å². The third kappa shape index (κ3) is 4.18. The molecular formula is C22H30O5. The maximum atomic E-state index is 11.5. The van der Waals surface area contributed by atoms with E-state index in [4.69, 9.17) is 14.2 Å². The maximum Gasteiger partial charge on any atom is 0.330 e. The number of carbonyl (C=O) groups is 2. The number of allylic oxidation sites excluding steroid dienone is 2. The van der Waals surface area contributed by atoms with Crippen molar-refractivity contribution >= 4 is 11.9 Å². The fourth-order valence-corrected chi connectivity index (χ4v) is 4.96. The molecule has 0 aromatic rings. The van der Waals surface area contributed by atoms with Crippen LogP contribution in [0.2, 0.25) is 0 Å². The second-order valence-electron chi connectivity index (χ2n) is 8.13.